The van der Waals surface area contributed by atoms with Crippen LogP contribution in [-0.2, 0) is 6.42 Å². The Bertz CT molecular complexity index is 590. The lowest BCUT2D eigenvalue weighted by atomic mass is 9.94. The number of rotatable bonds is 3. The molecule has 2 rings (SSSR count). The Morgan fingerprint density at radius 1 is 1.05 bits per heavy atom. The van der Waals surface area contributed by atoms with E-state index in [1.165, 1.54) is 16.7 Å². The standard InChI is InChI=1S/C17H20FN/c1-11-7-8-12(2)14(9-11)10-16(19)15-6-4-5-13(3)17(15)18/h4-9,16H,10,19H2,1-3H3. The first kappa shape index (κ1) is 13.8. The number of halogens is 1. The topological polar surface area (TPSA) is 26.0 Å². The molecule has 0 saturated carbocycles. The minimum atomic E-state index is -0.305. The summed E-state index contributed by atoms with van der Waals surface area (Å²) in [6.45, 7) is 5.89. The van der Waals surface area contributed by atoms with Gasteiger partial charge in [-0.1, -0.05) is 42.0 Å². The Morgan fingerprint density at radius 3 is 2.53 bits per heavy atom. The van der Waals surface area contributed by atoms with Gasteiger partial charge in [-0.25, -0.2) is 4.39 Å². The van der Waals surface area contributed by atoms with E-state index >= 15 is 0 Å². The Balaban J connectivity index is 2.28. The van der Waals surface area contributed by atoms with E-state index < -0.39 is 0 Å². The quantitative estimate of drug-likeness (QED) is 0.884. The number of benzene rings is 2. The SMILES string of the molecule is Cc1ccc(C)c(CC(N)c2cccc(C)c2F)c1. The van der Waals surface area contributed by atoms with Gasteiger partial charge in [-0.3, -0.25) is 0 Å². The van der Waals surface area contributed by atoms with Crippen LogP contribution in [0.25, 0.3) is 0 Å². The molecule has 2 N–H and O–H groups in total. The Hall–Kier alpha value is -1.67. The first-order valence-corrected chi connectivity index (χ1v) is 6.55. The zero-order chi connectivity index (χ0) is 14.0. The van der Waals surface area contributed by atoms with Crippen LogP contribution in [-0.4, -0.2) is 0 Å². The van der Waals surface area contributed by atoms with Crippen LogP contribution in [0.1, 0.15) is 33.9 Å². The predicted octanol–water partition coefficient (Wildman–Crippen LogP) is 3.99. The van der Waals surface area contributed by atoms with Crippen molar-refractivity contribution in [2.24, 2.45) is 5.73 Å². The van der Waals surface area contributed by atoms with E-state index in [1.807, 2.05) is 6.07 Å². The van der Waals surface area contributed by atoms with Crippen LogP contribution in [0.15, 0.2) is 36.4 Å². The van der Waals surface area contributed by atoms with Crippen molar-refractivity contribution in [3.63, 3.8) is 0 Å². The molecule has 0 aliphatic carbocycles. The highest BCUT2D eigenvalue weighted by Gasteiger charge is 2.14. The van der Waals surface area contributed by atoms with Crippen molar-refractivity contribution < 1.29 is 4.39 Å². The molecule has 2 aromatic rings. The van der Waals surface area contributed by atoms with Gasteiger partial charge in [0.1, 0.15) is 5.82 Å². The van der Waals surface area contributed by atoms with Gasteiger partial charge in [0.05, 0.1) is 0 Å². The molecule has 1 unspecified atom stereocenters. The van der Waals surface area contributed by atoms with E-state index in [1.54, 1.807) is 19.1 Å². The lowest BCUT2D eigenvalue weighted by molar-refractivity contribution is 0.572. The third-order valence-corrected chi connectivity index (χ3v) is 3.57. The molecule has 1 atom stereocenters. The first-order chi connectivity index (χ1) is 8.99. The minimum absolute atomic E-state index is 0.180. The first-order valence-electron chi connectivity index (χ1n) is 6.55. The fourth-order valence-corrected chi connectivity index (χ4v) is 2.32. The fraction of sp³-hybridized carbons (Fsp3) is 0.294. The summed E-state index contributed by atoms with van der Waals surface area (Å²) in [7, 11) is 0. The maximum Gasteiger partial charge on any atom is 0.130 e. The average molecular weight is 257 g/mol. The molecule has 0 spiro atoms. The van der Waals surface area contributed by atoms with Gasteiger partial charge in [-0.2, -0.15) is 0 Å². The highest BCUT2D eigenvalue weighted by Crippen LogP contribution is 2.23. The zero-order valence-corrected chi connectivity index (χ0v) is 11.7. The summed E-state index contributed by atoms with van der Waals surface area (Å²) in [5, 5.41) is 0. The van der Waals surface area contributed by atoms with Crippen molar-refractivity contribution in [2.45, 2.75) is 33.2 Å². The Kier molecular flexibility index (Phi) is 4.01. The van der Waals surface area contributed by atoms with Crippen molar-refractivity contribution in [1.29, 1.82) is 0 Å². The molecule has 2 aromatic carbocycles. The molecule has 19 heavy (non-hydrogen) atoms. The number of nitrogens with two attached hydrogens (primary N) is 1. The number of aryl methyl sites for hydroxylation is 3. The van der Waals surface area contributed by atoms with Gasteiger partial charge in [-0.15, -0.1) is 0 Å². The number of hydrogen-bond donors (Lipinski definition) is 1. The maximum absolute atomic E-state index is 14.1. The van der Waals surface area contributed by atoms with Crippen LogP contribution < -0.4 is 5.73 Å². The molecule has 0 aliphatic rings. The largest absolute Gasteiger partial charge is 0.324 e. The lowest BCUT2D eigenvalue weighted by Crippen LogP contribution is -2.16. The Labute approximate surface area is 114 Å². The monoisotopic (exact) mass is 257 g/mol. The van der Waals surface area contributed by atoms with Crippen molar-refractivity contribution in [3.05, 3.63) is 70.0 Å². The van der Waals surface area contributed by atoms with E-state index in [9.17, 15) is 4.39 Å². The highest BCUT2D eigenvalue weighted by atomic mass is 19.1. The molecular weight excluding hydrogens is 237 g/mol. The van der Waals surface area contributed by atoms with Gasteiger partial charge >= 0.3 is 0 Å². The van der Waals surface area contributed by atoms with Crippen molar-refractivity contribution in [1.82, 2.24) is 0 Å². The molecular formula is C17H20FN. The molecule has 0 bridgehead atoms. The zero-order valence-electron chi connectivity index (χ0n) is 11.7. The predicted molar refractivity (Wildman–Crippen MR) is 77.7 cm³/mol. The maximum atomic E-state index is 14.1. The summed E-state index contributed by atoms with van der Waals surface area (Å²) in [6.07, 6.45) is 0.661. The van der Waals surface area contributed by atoms with Crippen LogP contribution >= 0.6 is 0 Å². The molecule has 2 heteroatoms. The minimum Gasteiger partial charge on any atom is -0.324 e. The summed E-state index contributed by atoms with van der Waals surface area (Å²) in [5.74, 6) is -0.180. The highest BCUT2D eigenvalue weighted by molar-refractivity contribution is 5.34. The van der Waals surface area contributed by atoms with Crippen molar-refractivity contribution >= 4 is 0 Å². The van der Waals surface area contributed by atoms with Gasteiger partial charge in [0.25, 0.3) is 0 Å². The average Bonchev–Trinajstić information content (AvgIpc) is 2.37. The van der Waals surface area contributed by atoms with Crippen LogP contribution in [0.4, 0.5) is 4.39 Å². The van der Waals surface area contributed by atoms with Crippen molar-refractivity contribution in [3.8, 4) is 0 Å². The summed E-state index contributed by atoms with van der Waals surface area (Å²) in [6, 6.07) is 11.4. The third-order valence-electron chi connectivity index (χ3n) is 3.57. The molecule has 0 amide bonds. The van der Waals surface area contributed by atoms with E-state index in [-0.39, 0.29) is 11.9 Å². The summed E-state index contributed by atoms with van der Waals surface area (Å²) in [4.78, 5) is 0. The molecule has 0 saturated heterocycles. The van der Waals surface area contributed by atoms with E-state index in [2.05, 4.69) is 32.0 Å². The smallest absolute Gasteiger partial charge is 0.130 e. The molecule has 0 aromatic heterocycles. The van der Waals surface area contributed by atoms with Gasteiger partial charge < -0.3 is 5.73 Å². The van der Waals surface area contributed by atoms with Crippen LogP contribution in [0.5, 0.6) is 0 Å². The summed E-state index contributed by atoms with van der Waals surface area (Å²) in [5.41, 5.74) is 11.0. The lowest BCUT2D eigenvalue weighted by Gasteiger charge is -2.16. The van der Waals surface area contributed by atoms with Gasteiger partial charge in [-0.05, 0) is 43.9 Å². The second-order valence-corrected chi connectivity index (χ2v) is 5.22. The molecule has 0 fully saturated rings. The summed E-state index contributed by atoms with van der Waals surface area (Å²) < 4.78 is 14.1. The van der Waals surface area contributed by atoms with E-state index in [0.717, 1.165) is 0 Å². The molecule has 1 nitrogen and oxygen atoms in total. The van der Waals surface area contributed by atoms with E-state index in [0.29, 0.717) is 17.5 Å². The van der Waals surface area contributed by atoms with Gasteiger partial charge in [0, 0.05) is 11.6 Å². The third kappa shape index (κ3) is 3.02. The van der Waals surface area contributed by atoms with Gasteiger partial charge in [0.2, 0.25) is 0 Å². The number of hydrogen-bond acceptors (Lipinski definition) is 1. The molecule has 0 aliphatic heterocycles. The van der Waals surface area contributed by atoms with Crippen LogP contribution in [0.3, 0.4) is 0 Å². The second-order valence-electron chi connectivity index (χ2n) is 5.22. The van der Waals surface area contributed by atoms with E-state index in [4.69, 9.17) is 5.73 Å². The second kappa shape index (κ2) is 5.54. The summed E-state index contributed by atoms with van der Waals surface area (Å²) >= 11 is 0. The molecule has 0 radical (unpaired) electrons. The Morgan fingerprint density at radius 2 is 1.79 bits per heavy atom. The normalized spacial score (nSPS) is 12.5. The molecule has 0 heterocycles. The van der Waals surface area contributed by atoms with Crippen LogP contribution in [0, 0.1) is 26.6 Å². The fourth-order valence-electron chi connectivity index (χ4n) is 2.32. The van der Waals surface area contributed by atoms with Crippen molar-refractivity contribution in [2.75, 3.05) is 0 Å². The molecule has 100 valence electrons. The van der Waals surface area contributed by atoms with Crippen LogP contribution in [0.2, 0.25) is 0 Å². The van der Waals surface area contributed by atoms with Gasteiger partial charge in [0.15, 0.2) is 0 Å².